The van der Waals surface area contributed by atoms with Crippen LogP contribution in [0.5, 0.6) is 0 Å². The number of nitrogens with zero attached hydrogens (tertiary/aromatic N) is 1. The fourth-order valence-corrected chi connectivity index (χ4v) is 3.97. The van der Waals surface area contributed by atoms with Crippen LogP contribution in [0.1, 0.15) is 43.4 Å². The standard InChI is InChI=1S/C16H25BrN2/c1-3-19-9-5-4-6-13(11-18)16(19)14-8-7-12(2)10-15(14)17/h7-8,10,13,16H,3-6,9,11,18H2,1-2H3. The van der Waals surface area contributed by atoms with Crippen molar-refractivity contribution in [1.82, 2.24) is 4.90 Å². The van der Waals surface area contributed by atoms with Gasteiger partial charge in [-0.3, -0.25) is 4.90 Å². The summed E-state index contributed by atoms with van der Waals surface area (Å²) in [5, 5.41) is 0. The molecule has 0 spiro atoms. The summed E-state index contributed by atoms with van der Waals surface area (Å²) >= 11 is 3.75. The minimum Gasteiger partial charge on any atom is -0.330 e. The highest BCUT2D eigenvalue weighted by molar-refractivity contribution is 9.10. The molecule has 1 saturated heterocycles. The third-order valence-corrected chi connectivity index (χ3v) is 4.98. The van der Waals surface area contributed by atoms with Crippen molar-refractivity contribution < 1.29 is 0 Å². The number of hydrogen-bond donors (Lipinski definition) is 1. The highest BCUT2D eigenvalue weighted by atomic mass is 79.9. The average molecular weight is 325 g/mol. The van der Waals surface area contributed by atoms with Crippen molar-refractivity contribution in [3.63, 3.8) is 0 Å². The second kappa shape index (κ2) is 6.87. The van der Waals surface area contributed by atoms with Gasteiger partial charge in [-0.2, -0.15) is 0 Å². The van der Waals surface area contributed by atoms with Crippen LogP contribution in [0.2, 0.25) is 0 Å². The quantitative estimate of drug-likeness (QED) is 0.914. The molecule has 0 bridgehead atoms. The van der Waals surface area contributed by atoms with Gasteiger partial charge in [-0.05, 0) is 62.5 Å². The van der Waals surface area contributed by atoms with Crippen LogP contribution in [0, 0.1) is 12.8 Å². The molecule has 2 atom stereocenters. The Bertz CT molecular complexity index is 405. The van der Waals surface area contributed by atoms with E-state index in [4.69, 9.17) is 5.73 Å². The van der Waals surface area contributed by atoms with Gasteiger partial charge in [-0.15, -0.1) is 0 Å². The topological polar surface area (TPSA) is 29.3 Å². The van der Waals surface area contributed by atoms with Crippen LogP contribution in [0.4, 0.5) is 0 Å². The van der Waals surface area contributed by atoms with Gasteiger partial charge in [0.25, 0.3) is 0 Å². The van der Waals surface area contributed by atoms with Gasteiger partial charge in [-0.1, -0.05) is 41.4 Å². The summed E-state index contributed by atoms with van der Waals surface area (Å²) in [5.74, 6) is 0.571. The van der Waals surface area contributed by atoms with Crippen molar-refractivity contribution in [3.05, 3.63) is 33.8 Å². The Hall–Kier alpha value is -0.380. The molecule has 1 aliphatic rings. The van der Waals surface area contributed by atoms with Crippen molar-refractivity contribution in [2.24, 2.45) is 11.7 Å². The summed E-state index contributed by atoms with van der Waals surface area (Å²) < 4.78 is 1.23. The summed E-state index contributed by atoms with van der Waals surface area (Å²) in [4.78, 5) is 2.60. The lowest BCUT2D eigenvalue weighted by Crippen LogP contribution is -2.35. The molecular weight excluding hydrogens is 300 g/mol. The second-order valence-corrected chi connectivity index (χ2v) is 6.44. The van der Waals surface area contributed by atoms with Crippen LogP contribution >= 0.6 is 15.9 Å². The first-order chi connectivity index (χ1) is 9.17. The molecule has 0 amide bonds. The fraction of sp³-hybridized carbons (Fsp3) is 0.625. The Morgan fingerprint density at radius 3 is 2.79 bits per heavy atom. The number of nitrogens with two attached hydrogens (primary N) is 1. The molecule has 0 aromatic heterocycles. The van der Waals surface area contributed by atoms with Crippen molar-refractivity contribution >= 4 is 15.9 Å². The Balaban J connectivity index is 2.39. The molecule has 2 unspecified atom stereocenters. The van der Waals surface area contributed by atoms with Crippen molar-refractivity contribution in [3.8, 4) is 0 Å². The smallest absolute Gasteiger partial charge is 0.0399 e. The van der Waals surface area contributed by atoms with Crippen molar-refractivity contribution in [2.45, 2.75) is 39.2 Å². The van der Waals surface area contributed by atoms with Crippen LogP contribution in [-0.2, 0) is 0 Å². The van der Waals surface area contributed by atoms with Crippen molar-refractivity contribution in [2.75, 3.05) is 19.6 Å². The van der Waals surface area contributed by atoms with Crippen LogP contribution in [0.25, 0.3) is 0 Å². The Morgan fingerprint density at radius 1 is 1.37 bits per heavy atom. The normalized spacial score (nSPS) is 25.3. The maximum absolute atomic E-state index is 6.06. The number of likely N-dealkylation sites (tertiary alicyclic amines) is 1. The molecule has 19 heavy (non-hydrogen) atoms. The van der Waals surface area contributed by atoms with Gasteiger partial charge < -0.3 is 5.73 Å². The third-order valence-electron chi connectivity index (χ3n) is 4.29. The summed E-state index contributed by atoms with van der Waals surface area (Å²) in [7, 11) is 0. The van der Waals surface area contributed by atoms with Gasteiger partial charge in [-0.25, -0.2) is 0 Å². The van der Waals surface area contributed by atoms with E-state index in [1.807, 2.05) is 0 Å². The predicted molar refractivity (Wildman–Crippen MR) is 85.3 cm³/mol. The lowest BCUT2D eigenvalue weighted by atomic mass is 9.89. The maximum atomic E-state index is 6.06. The highest BCUT2D eigenvalue weighted by Gasteiger charge is 2.30. The van der Waals surface area contributed by atoms with Crippen LogP contribution in [0.15, 0.2) is 22.7 Å². The number of aryl methyl sites for hydroxylation is 1. The molecule has 106 valence electrons. The van der Waals surface area contributed by atoms with E-state index in [9.17, 15) is 0 Å². The minimum absolute atomic E-state index is 0.465. The van der Waals surface area contributed by atoms with Gasteiger partial charge in [0.2, 0.25) is 0 Å². The van der Waals surface area contributed by atoms with E-state index in [1.165, 1.54) is 41.4 Å². The van der Waals surface area contributed by atoms with Gasteiger partial charge >= 0.3 is 0 Å². The minimum atomic E-state index is 0.465. The zero-order valence-corrected chi connectivity index (χ0v) is 13.6. The monoisotopic (exact) mass is 324 g/mol. The van der Waals surface area contributed by atoms with E-state index in [1.54, 1.807) is 0 Å². The summed E-state index contributed by atoms with van der Waals surface area (Å²) in [5.41, 5.74) is 8.76. The van der Waals surface area contributed by atoms with Gasteiger partial charge in [0, 0.05) is 10.5 Å². The molecule has 1 aliphatic heterocycles. The third kappa shape index (κ3) is 3.39. The molecule has 0 aliphatic carbocycles. The summed E-state index contributed by atoms with van der Waals surface area (Å²) in [6, 6.07) is 7.18. The number of rotatable bonds is 3. The van der Waals surface area contributed by atoms with Gasteiger partial charge in [0.1, 0.15) is 0 Å². The molecule has 1 aromatic carbocycles. The first-order valence-corrected chi connectivity index (χ1v) is 8.16. The lowest BCUT2D eigenvalue weighted by molar-refractivity contribution is 0.166. The largest absolute Gasteiger partial charge is 0.330 e. The SMILES string of the molecule is CCN1CCCCC(CN)C1c1ccc(C)cc1Br. The van der Waals surface area contributed by atoms with E-state index < -0.39 is 0 Å². The fourth-order valence-electron chi connectivity index (χ4n) is 3.24. The lowest BCUT2D eigenvalue weighted by Gasteiger charge is -2.35. The van der Waals surface area contributed by atoms with Crippen LogP contribution in [0.3, 0.4) is 0 Å². The number of hydrogen-bond acceptors (Lipinski definition) is 2. The molecule has 3 heteroatoms. The molecule has 2 rings (SSSR count). The first kappa shape index (κ1) is 15.0. The Labute approximate surface area is 125 Å². The average Bonchev–Trinajstić information content (AvgIpc) is 2.60. The predicted octanol–water partition coefficient (Wildman–Crippen LogP) is 3.88. The van der Waals surface area contributed by atoms with E-state index >= 15 is 0 Å². The highest BCUT2D eigenvalue weighted by Crippen LogP contribution is 2.38. The Kier molecular flexibility index (Phi) is 5.43. The summed E-state index contributed by atoms with van der Waals surface area (Å²) in [6.45, 7) is 7.47. The van der Waals surface area contributed by atoms with Gasteiger partial charge in [0.05, 0.1) is 0 Å². The van der Waals surface area contributed by atoms with Crippen LogP contribution < -0.4 is 5.73 Å². The molecule has 1 fully saturated rings. The number of benzene rings is 1. The maximum Gasteiger partial charge on any atom is 0.0399 e. The molecule has 0 saturated carbocycles. The molecule has 0 radical (unpaired) electrons. The van der Waals surface area contributed by atoms with E-state index in [0.717, 1.165) is 13.1 Å². The van der Waals surface area contributed by atoms with Crippen LogP contribution in [-0.4, -0.2) is 24.5 Å². The molecule has 1 aromatic rings. The van der Waals surface area contributed by atoms with Gasteiger partial charge in [0.15, 0.2) is 0 Å². The second-order valence-electron chi connectivity index (χ2n) is 5.59. The molecule has 1 heterocycles. The molecule has 2 N–H and O–H groups in total. The molecular formula is C16H25BrN2. The first-order valence-electron chi connectivity index (χ1n) is 7.37. The number of halogens is 1. The zero-order chi connectivity index (χ0) is 13.8. The van der Waals surface area contributed by atoms with E-state index in [2.05, 4.69) is 52.9 Å². The zero-order valence-electron chi connectivity index (χ0n) is 12.0. The van der Waals surface area contributed by atoms with E-state index in [0.29, 0.717) is 12.0 Å². The van der Waals surface area contributed by atoms with Crippen molar-refractivity contribution in [1.29, 1.82) is 0 Å². The van der Waals surface area contributed by atoms with E-state index in [-0.39, 0.29) is 0 Å². The molecule has 2 nitrogen and oxygen atoms in total. The summed E-state index contributed by atoms with van der Waals surface area (Å²) in [6.07, 6.45) is 3.85. The Morgan fingerprint density at radius 2 is 2.16 bits per heavy atom.